The van der Waals surface area contributed by atoms with Gasteiger partial charge in [-0.3, -0.25) is 19.3 Å². The molecule has 0 atom stereocenters. The van der Waals surface area contributed by atoms with Crippen LogP contribution in [0, 0.1) is 12.7 Å². The van der Waals surface area contributed by atoms with E-state index < -0.39 is 17.1 Å². The van der Waals surface area contributed by atoms with Crippen LogP contribution in [0.4, 0.5) is 14.9 Å². The normalized spacial score (nSPS) is 14.5. The van der Waals surface area contributed by atoms with Gasteiger partial charge in [-0.2, -0.15) is 0 Å². The van der Waals surface area contributed by atoms with E-state index in [1.165, 1.54) is 6.07 Å². The van der Waals surface area contributed by atoms with E-state index in [1.807, 2.05) is 19.1 Å². The van der Waals surface area contributed by atoms with Gasteiger partial charge in [0.2, 0.25) is 5.91 Å². The zero-order chi connectivity index (χ0) is 24.9. The van der Waals surface area contributed by atoms with Crippen molar-refractivity contribution in [2.45, 2.75) is 13.5 Å². The molecule has 3 aromatic rings. The molecule has 3 aromatic carbocycles. The van der Waals surface area contributed by atoms with E-state index in [-0.39, 0.29) is 23.9 Å². The minimum Gasteiger partial charge on any atom is -0.488 e. The van der Waals surface area contributed by atoms with Crippen molar-refractivity contribution < 1.29 is 23.5 Å². The predicted molar refractivity (Wildman–Crippen MR) is 137 cm³/mol. The predicted octanol–water partition coefficient (Wildman–Crippen LogP) is 6.15. The van der Waals surface area contributed by atoms with Gasteiger partial charge in [0.15, 0.2) is 0 Å². The Morgan fingerprint density at radius 1 is 1.11 bits per heavy atom. The molecule has 178 valence electrons. The summed E-state index contributed by atoms with van der Waals surface area (Å²) in [6.45, 7) is 1.59. The van der Waals surface area contributed by atoms with Crippen molar-refractivity contribution in [3.63, 3.8) is 0 Å². The smallest absolute Gasteiger partial charge is 0.294 e. The molecule has 0 aromatic heterocycles. The molecule has 0 spiro atoms. The fourth-order valence-corrected chi connectivity index (χ4v) is 4.70. The lowest BCUT2D eigenvalue weighted by molar-refractivity contribution is -0.127. The summed E-state index contributed by atoms with van der Waals surface area (Å²) in [5.74, 6) is -0.830. The largest absolute Gasteiger partial charge is 0.488 e. The number of benzene rings is 3. The first-order valence-electron chi connectivity index (χ1n) is 10.6. The van der Waals surface area contributed by atoms with E-state index in [4.69, 9.17) is 4.74 Å². The van der Waals surface area contributed by atoms with Crippen LogP contribution >= 0.6 is 27.7 Å². The van der Waals surface area contributed by atoms with Gasteiger partial charge in [0.25, 0.3) is 11.1 Å². The standard InChI is InChI=1S/C26H20BrFN2O4S/c1-16-5-4-7-19(11-16)29-24(31)14-30-25(32)23(35-26(30)33)13-17-9-10-22(20(27)12-17)34-15-18-6-2-3-8-21(18)28/h2-13H,14-15H2,1H3,(H,29,31)/b23-13-. The molecule has 1 N–H and O–H groups in total. The monoisotopic (exact) mass is 554 g/mol. The second kappa shape index (κ2) is 10.9. The van der Waals surface area contributed by atoms with Crippen molar-refractivity contribution in [1.29, 1.82) is 0 Å². The third kappa shape index (κ3) is 6.17. The van der Waals surface area contributed by atoms with E-state index in [1.54, 1.807) is 54.6 Å². The molecule has 3 amide bonds. The van der Waals surface area contributed by atoms with E-state index in [2.05, 4.69) is 21.2 Å². The van der Waals surface area contributed by atoms with Gasteiger partial charge in [0.05, 0.1) is 9.38 Å². The summed E-state index contributed by atoms with van der Waals surface area (Å²) in [4.78, 5) is 38.7. The van der Waals surface area contributed by atoms with E-state index >= 15 is 0 Å². The first-order valence-corrected chi connectivity index (χ1v) is 12.2. The van der Waals surface area contributed by atoms with Gasteiger partial charge in [-0.15, -0.1) is 0 Å². The minimum absolute atomic E-state index is 0.0636. The van der Waals surface area contributed by atoms with Gasteiger partial charge in [0.1, 0.15) is 24.7 Å². The fraction of sp³-hybridized carbons (Fsp3) is 0.115. The van der Waals surface area contributed by atoms with Gasteiger partial charge in [-0.25, -0.2) is 4.39 Å². The molecule has 35 heavy (non-hydrogen) atoms. The van der Waals surface area contributed by atoms with Crippen LogP contribution < -0.4 is 10.1 Å². The van der Waals surface area contributed by atoms with Crippen LogP contribution in [0.2, 0.25) is 0 Å². The summed E-state index contributed by atoms with van der Waals surface area (Å²) in [6.07, 6.45) is 1.58. The van der Waals surface area contributed by atoms with Crippen LogP contribution in [-0.4, -0.2) is 28.5 Å². The highest BCUT2D eigenvalue weighted by atomic mass is 79.9. The molecular weight excluding hydrogens is 535 g/mol. The van der Waals surface area contributed by atoms with Gasteiger partial charge >= 0.3 is 0 Å². The lowest BCUT2D eigenvalue weighted by Crippen LogP contribution is -2.36. The molecule has 1 heterocycles. The number of nitrogens with one attached hydrogen (secondary N) is 1. The van der Waals surface area contributed by atoms with Crippen LogP contribution in [0.1, 0.15) is 16.7 Å². The van der Waals surface area contributed by atoms with Crippen molar-refractivity contribution in [2.24, 2.45) is 0 Å². The number of carbonyl (C=O) groups excluding carboxylic acids is 3. The quantitative estimate of drug-likeness (QED) is 0.354. The van der Waals surface area contributed by atoms with Crippen LogP contribution in [0.3, 0.4) is 0 Å². The Labute approximate surface area is 214 Å². The maximum atomic E-state index is 13.8. The molecule has 1 aliphatic heterocycles. The van der Waals surface area contributed by atoms with Crippen LogP contribution in [0.15, 0.2) is 76.1 Å². The first-order chi connectivity index (χ1) is 16.8. The third-order valence-electron chi connectivity index (χ3n) is 5.07. The molecule has 0 bridgehead atoms. The first kappa shape index (κ1) is 24.7. The third-order valence-corrected chi connectivity index (χ3v) is 6.60. The average molecular weight is 555 g/mol. The van der Waals surface area contributed by atoms with Gasteiger partial charge in [-0.05, 0) is 82.2 Å². The number of hydrogen-bond acceptors (Lipinski definition) is 5. The molecule has 0 radical (unpaired) electrons. The number of halogens is 2. The molecule has 0 aliphatic carbocycles. The molecule has 1 aliphatic rings. The van der Waals surface area contributed by atoms with E-state index in [0.29, 0.717) is 27.0 Å². The highest BCUT2D eigenvalue weighted by Crippen LogP contribution is 2.34. The Morgan fingerprint density at radius 3 is 2.66 bits per heavy atom. The Morgan fingerprint density at radius 2 is 1.91 bits per heavy atom. The molecular formula is C26H20BrFN2O4S. The van der Waals surface area contributed by atoms with Gasteiger partial charge in [-0.1, -0.05) is 36.4 Å². The number of thioether (sulfide) groups is 1. The van der Waals surface area contributed by atoms with E-state index in [9.17, 15) is 18.8 Å². The number of imide groups is 1. The summed E-state index contributed by atoms with van der Waals surface area (Å²) >= 11 is 4.20. The number of aryl methyl sites for hydroxylation is 1. The molecule has 4 rings (SSSR count). The molecule has 0 unspecified atom stereocenters. The molecule has 1 saturated heterocycles. The number of rotatable bonds is 7. The van der Waals surface area contributed by atoms with Gasteiger partial charge in [0, 0.05) is 11.3 Å². The summed E-state index contributed by atoms with van der Waals surface area (Å²) in [5.41, 5.74) is 2.67. The Bertz CT molecular complexity index is 1340. The zero-order valence-electron chi connectivity index (χ0n) is 18.6. The summed E-state index contributed by atoms with van der Waals surface area (Å²) < 4.78 is 20.1. The van der Waals surface area contributed by atoms with Crippen molar-refractivity contribution in [2.75, 3.05) is 11.9 Å². The lowest BCUT2D eigenvalue weighted by atomic mass is 10.2. The molecule has 9 heteroatoms. The lowest BCUT2D eigenvalue weighted by Gasteiger charge is -2.12. The highest BCUT2D eigenvalue weighted by Gasteiger charge is 2.36. The summed E-state index contributed by atoms with van der Waals surface area (Å²) in [7, 11) is 0. The highest BCUT2D eigenvalue weighted by molar-refractivity contribution is 9.10. The average Bonchev–Trinajstić information content (AvgIpc) is 3.07. The summed E-state index contributed by atoms with van der Waals surface area (Å²) in [6, 6.07) is 18.8. The van der Waals surface area contributed by atoms with Crippen molar-refractivity contribution in [3.05, 3.63) is 98.6 Å². The van der Waals surface area contributed by atoms with Crippen molar-refractivity contribution in [3.8, 4) is 5.75 Å². The molecule has 0 saturated carbocycles. The molecule has 6 nitrogen and oxygen atoms in total. The Hall–Kier alpha value is -3.43. The minimum atomic E-state index is -0.532. The van der Waals surface area contributed by atoms with Crippen molar-refractivity contribution in [1.82, 2.24) is 4.90 Å². The van der Waals surface area contributed by atoms with Crippen LogP contribution in [0.25, 0.3) is 6.08 Å². The second-order valence-corrected chi connectivity index (χ2v) is 9.60. The topological polar surface area (TPSA) is 75.7 Å². The van der Waals surface area contributed by atoms with Crippen LogP contribution in [0.5, 0.6) is 5.75 Å². The number of anilines is 1. The fourth-order valence-electron chi connectivity index (χ4n) is 3.35. The Balaban J connectivity index is 1.40. The van der Waals surface area contributed by atoms with Crippen LogP contribution in [-0.2, 0) is 16.2 Å². The maximum Gasteiger partial charge on any atom is 0.294 e. The Kier molecular flexibility index (Phi) is 7.67. The number of carbonyl (C=O) groups is 3. The van der Waals surface area contributed by atoms with Gasteiger partial charge < -0.3 is 10.1 Å². The number of nitrogens with zero attached hydrogens (tertiary/aromatic N) is 1. The maximum absolute atomic E-state index is 13.8. The zero-order valence-corrected chi connectivity index (χ0v) is 21.0. The number of amides is 3. The summed E-state index contributed by atoms with van der Waals surface area (Å²) in [5, 5.41) is 2.19. The number of ether oxygens (including phenoxy) is 1. The molecule has 1 fully saturated rings. The number of hydrogen-bond donors (Lipinski definition) is 1. The second-order valence-electron chi connectivity index (χ2n) is 7.76. The van der Waals surface area contributed by atoms with Crippen molar-refractivity contribution >= 4 is 56.5 Å². The SMILES string of the molecule is Cc1cccc(NC(=O)CN2C(=O)S/C(=C\c3ccc(OCc4ccccc4F)c(Br)c3)C2=O)c1. The van der Waals surface area contributed by atoms with E-state index in [0.717, 1.165) is 22.2 Å².